The van der Waals surface area contributed by atoms with Crippen molar-refractivity contribution in [1.82, 2.24) is 5.43 Å². The van der Waals surface area contributed by atoms with E-state index in [1.807, 2.05) is 30.3 Å². The summed E-state index contributed by atoms with van der Waals surface area (Å²) in [5.41, 5.74) is 6.09. The summed E-state index contributed by atoms with van der Waals surface area (Å²) in [5, 5.41) is 14.7. The van der Waals surface area contributed by atoms with Crippen LogP contribution in [0.5, 0.6) is 5.75 Å². The van der Waals surface area contributed by atoms with E-state index in [1.165, 1.54) is 28.8 Å². The van der Waals surface area contributed by atoms with Crippen LogP contribution in [0.4, 0.5) is 5.69 Å². The zero-order chi connectivity index (χ0) is 24.6. The quantitative estimate of drug-likeness (QED) is 0.372. The van der Waals surface area contributed by atoms with E-state index in [2.05, 4.69) is 21.5 Å². The number of hydrogen-bond donors (Lipinski definition) is 2. The van der Waals surface area contributed by atoms with Gasteiger partial charge in [-0.3, -0.25) is 4.79 Å². The predicted octanol–water partition coefficient (Wildman–Crippen LogP) is 0.728. The van der Waals surface area contributed by atoms with Gasteiger partial charge in [0.15, 0.2) is 0 Å². The Morgan fingerprint density at radius 3 is 2.31 bits per heavy atom. The van der Waals surface area contributed by atoms with E-state index in [-0.39, 0.29) is 11.5 Å². The van der Waals surface area contributed by atoms with Crippen LogP contribution in [0.2, 0.25) is 0 Å². The number of rotatable bonds is 8. The van der Waals surface area contributed by atoms with Crippen molar-refractivity contribution in [2.45, 2.75) is 6.54 Å². The second-order valence-corrected chi connectivity index (χ2v) is 8.39. The molecule has 0 spiro atoms. The SMILES string of the molecule is COc1ccccc1N1CC[NH+](Cc2ccc(C(=O)N/N=C\c3ccc(C(=O)[O-])cc3)cc2)CC1. The highest BCUT2D eigenvalue weighted by Crippen LogP contribution is 2.27. The standard InChI is InChI=1S/C27H28N4O4/c1-35-25-5-3-2-4-24(25)31-16-14-30(15-17-31)19-21-8-10-22(11-9-21)26(32)29-28-18-20-6-12-23(13-7-20)27(33)34/h2-13,18H,14-17,19H2,1H3,(H,29,32)(H,33,34)/b28-18-. The van der Waals surface area contributed by atoms with Gasteiger partial charge in [-0.25, -0.2) is 5.43 Å². The number of ether oxygens (including phenoxy) is 1. The summed E-state index contributed by atoms with van der Waals surface area (Å²) < 4.78 is 5.50. The van der Waals surface area contributed by atoms with Crippen molar-refractivity contribution in [1.29, 1.82) is 0 Å². The van der Waals surface area contributed by atoms with Crippen LogP contribution in [-0.4, -0.2) is 51.4 Å². The molecule has 4 rings (SSSR count). The van der Waals surface area contributed by atoms with E-state index < -0.39 is 5.97 Å². The zero-order valence-corrected chi connectivity index (χ0v) is 19.6. The van der Waals surface area contributed by atoms with E-state index in [1.54, 1.807) is 31.4 Å². The van der Waals surface area contributed by atoms with Crippen molar-refractivity contribution in [2.24, 2.45) is 5.10 Å². The summed E-state index contributed by atoms with van der Waals surface area (Å²) in [6.07, 6.45) is 1.46. The number of benzene rings is 3. The molecule has 180 valence electrons. The maximum Gasteiger partial charge on any atom is 0.271 e. The Kier molecular flexibility index (Phi) is 7.74. The second-order valence-electron chi connectivity index (χ2n) is 8.39. The van der Waals surface area contributed by atoms with Crippen LogP contribution in [0.3, 0.4) is 0 Å². The molecule has 1 fully saturated rings. The predicted molar refractivity (Wildman–Crippen MR) is 132 cm³/mol. The van der Waals surface area contributed by atoms with E-state index in [0.29, 0.717) is 11.1 Å². The minimum absolute atomic E-state index is 0.0893. The smallest absolute Gasteiger partial charge is 0.271 e. The van der Waals surface area contributed by atoms with Crippen LogP contribution >= 0.6 is 0 Å². The zero-order valence-electron chi connectivity index (χ0n) is 19.6. The molecule has 8 nitrogen and oxygen atoms in total. The lowest BCUT2D eigenvalue weighted by Gasteiger charge is -2.34. The average molecular weight is 473 g/mol. The van der Waals surface area contributed by atoms with Gasteiger partial charge >= 0.3 is 0 Å². The van der Waals surface area contributed by atoms with Gasteiger partial charge in [0, 0.05) is 11.1 Å². The maximum atomic E-state index is 12.4. The minimum atomic E-state index is -1.23. The lowest BCUT2D eigenvalue weighted by molar-refractivity contribution is -0.914. The number of piperazine rings is 1. The lowest BCUT2D eigenvalue weighted by Crippen LogP contribution is -3.13. The number of carboxylic acid groups (broad SMARTS) is 1. The second kappa shape index (κ2) is 11.3. The molecule has 0 unspecified atom stereocenters. The fourth-order valence-corrected chi connectivity index (χ4v) is 4.13. The third-order valence-corrected chi connectivity index (χ3v) is 6.09. The molecule has 35 heavy (non-hydrogen) atoms. The van der Waals surface area contributed by atoms with Crippen LogP contribution in [0.15, 0.2) is 77.9 Å². The molecule has 2 N–H and O–H groups in total. The van der Waals surface area contributed by atoms with Crippen LogP contribution < -0.4 is 25.1 Å². The molecule has 0 atom stereocenters. The van der Waals surface area contributed by atoms with Gasteiger partial charge in [-0.05, 0) is 35.4 Å². The van der Waals surface area contributed by atoms with Crippen molar-refractivity contribution < 1.29 is 24.3 Å². The molecule has 8 heteroatoms. The Bertz CT molecular complexity index is 1180. The summed E-state index contributed by atoms with van der Waals surface area (Å²) in [4.78, 5) is 27.0. The first kappa shape index (κ1) is 24.0. The molecule has 1 amide bonds. The molecule has 0 bridgehead atoms. The summed E-state index contributed by atoms with van der Waals surface area (Å²) in [7, 11) is 1.70. The number of carbonyl (C=O) groups is 2. The van der Waals surface area contributed by atoms with Gasteiger partial charge in [0.25, 0.3) is 5.91 Å². The number of carbonyl (C=O) groups excluding carboxylic acids is 2. The molecular weight excluding hydrogens is 444 g/mol. The average Bonchev–Trinajstić information content (AvgIpc) is 2.90. The summed E-state index contributed by atoms with van der Waals surface area (Å²) in [6.45, 7) is 4.88. The first-order valence-corrected chi connectivity index (χ1v) is 11.5. The molecule has 0 aromatic heterocycles. The third-order valence-electron chi connectivity index (χ3n) is 6.09. The fraction of sp³-hybridized carbons (Fsp3) is 0.222. The molecule has 0 radical (unpaired) electrons. The highest BCUT2D eigenvalue weighted by atomic mass is 16.5. The number of methoxy groups -OCH3 is 1. The molecule has 1 heterocycles. The normalized spacial score (nSPS) is 14.1. The van der Waals surface area contributed by atoms with Gasteiger partial charge < -0.3 is 24.4 Å². The van der Waals surface area contributed by atoms with Crippen molar-refractivity contribution in [2.75, 3.05) is 38.2 Å². The van der Waals surface area contributed by atoms with Crippen LogP contribution in [-0.2, 0) is 6.54 Å². The van der Waals surface area contributed by atoms with Gasteiger partial charge in [0.05, 0.1) is 51.2 Å². The number of para-hydroxylation sites is 2. The summed E-state index contributed by atoms with van der Waals surface area (Å²) in [6, 6.07) is 21.7. The molecule has 1 aliphatic rings. The Balaban J connectivity index is 1.26. The first-order valence-electron chi connectivity index (χ1n) is 11.5. The van der Waals surface area contributed by atoms with E-state index >= 15 is 0 Å². The molecule has 1 aliphatic heterocycles. The maximum absolute atomic E-state index is 12.4. The number of carboxylic acids is 1. The monoisotopic (exact) mass is 472 g/mol. The molecular formula is C27H28N4O4. The fourth-order valence-electron chi connectivity index (χ4n) is 4.13. The Hall–Kier alpha value is -4.17. The molecule has 0 saturated carbocycles. The van der Waals surface area contributed by atoms with Crippen molar-refractivity contribution >= 4 is 23.8 Å². The van der Waals surface area contributed by atoms with Crippen LogP contribution in [0.25, 0.3) is 0 Å². The van der Waals surface area contributed by atoms with E-state index in [9.17, 15) is 14.7 Å². The number of quaternary nitrogens is 1. The number of anilines is 1. The van der Waals surface area contributed by atoms with E-state index in [0.717, 1.165) is 44.2 Å². The lowest BCUT2D eigenvalue weighted by atomic mass is 10.1. The number of nitrogens with zero attached hydrogens (tertiary/aromatic N) is 2. The molecule has 1 saturated heterocycles. The number of amides is 1. The number of aromatic carboxylic acids is 1. The minimum Gasteiger partial charge on any atom is -0.545 e. The Morgan fingerprint density at radius 2 is 1.66 bits per heavy atom. The Labute approximate surface area is 204 Å². The van der Waals surface area contributed by atoms with Gasteiger partial charge in [0.2, 0.25) is 0 Å². The van der Waals surface area contributed by atoms with E-state index in [4.69, 9.17) is 4.74 Å². The van der Waals surface area contributed by atoms with Gasteiger partial charge in [-0.2, -0.15) is 5.10 Å². The van der Waals surface area contributed by atoms with Gasteiger partial charge in [-0.1, -0.05) is 48.5 Å². The van der Waals surface area contributed by atoms with Crippen LogP contribution in [0, 0.1) is 0 Å². The molecule has 3 aromatic rings. The number of nitrogens with one attached hydrogen (secondary N) is 2. The van der Waals surface area contributed by atoms with Crippen molar-refractivity contribution in [3.8, 4) is 5.75 Å². The highest BCUT2D eigenvalue weighted by molar-refractivity contribution is 5.95. The first-order chi connectivity index (χ1) is 17.0. The van der Waals surface area contributed by atoms with Gasteiger partial charge in [0.1, 0.15) is 12.3 Å². The van der Waals surface area contributed by atoms with Crippen molar-refractivity contribution in [3.05, 3.63) is 95.1 Å². The number of hydrogen-bond acceptors (Lipinski definition) is 6. The molecule has 0 aliphatic carbocycles. The Morgan fingerprint density at radius 1 is 1.00 bits per heavy atom. The third kappa shape index (κ3) is 6.24. The summed E-state index contributed by atoms with van der Waals surface area (Å²) in [5.74, 6) is -0.637. The number of hydrazone groups is 1. The summed E-state index contributed by atoms with van der Waals surface area (Å²) >= 11 is 0. The largest absolute Gasteiger partial charge is 0.545 e. The topological polar surface area (TPSA) is 98.5 Å². The van der Waals surface area contributed by atoms with Crippen LogP contribution in [0.1, 0.15) is 31.8 Å². The van der Waals surface area contributed by atoms with Crippen molar-refractivity contribution in [3.63, 3.8) is 0 Å². The van der Waals surface area contributed by atoms with Gasteiger partial charge in [-0.15, -0.1) is 0 Å². The molecule has 3 aromatic carbocycles. The highest BCUT2D eigenvalue weighted by Gasteiger charge is 2.22.